The molecular weight excluding hydrogens is 350 g/mol. The highest BCUT2D eigenvalue weighted by Gasteiger charge is 2.50. The maximum Gasteiger partial charge on any atom is 0.240 e. The third-order valence-corrected chi connectivity index (χ3v) is 7.01. The molecule has 5 nitrogen and oxygen atoms in total. The monoisotopic (exact) mass is 379 g/mol. The lowest BCUT2D eigenvalue weighted by molar-refractivity contribution is -0.131. The smallest absolute Gasteiger partial charge is 0.240 e. The minimum absolute atomic E-state index is 0.190. The van der Waals surface area contributed by atoms with Gasteiger partial charge in [-0.25, -0.2) is 0 Å². The largest absolute Gasteiger partial charge is 0.490 e. The maximum absolute atomic E-state index is 13.0. The molecule has 0 bridgehead atoms. The van der Waals surface area contributed by atoms with E-state index in [1.165, 1.54) is 0 Å². The van der Waals surface area contributed by atoms with Crippen molar-refractivity contribution in [1.82, 2.24) is 15.2 Å². The number of hydrogen-bond donors (Lipinski definition) is 1. The summed E-state index contributed by atoms with van der Waals surface area (Å²) in [5.41, 5.74) is -0.190. The summed E-state index contributed by atoms with van der Waals surface area (Å²) in [6, 6.07) is 8.45. The van der Waals surface area contributed by atoms with Gasteiger partial charge in [0, 0.05) is 29.2 Å². The second-order valence-electron chi connectivity index (χ2n) is 8.64. The van der Waals surface area contributed by atoms with Gasteiger partial charge < -0.3 is 10.1 Å². The zero-order valence-electron chi connectivity index (χ0n) is 16.4. The zero-order valence-corrected chi connectivity index (χ0v) is 16.4. The van der Waals surface area contributed by atoms with E-state index in [1.807, 2.05) is 30.6 Å². The second-order valence-corrected chi connectivity index (χ2v) is 8.64. The van der Waals surface area contributed by atoms with Crippen molar-refractivity contribution in [2.75, 3.05) is 13.1 Å². The minimum Gasteiger partial charge on any atom is -0.490 e. The molecule has 5 rings (SSSR count). The highest BCUT2D eigenvalue weighted by molar-refractivity contribution is 5.88. The van der Waals surface area contributed by atoms with Crippen LogP contribution in [0, 0.1) is 0 Å². The molecule has 28 heavy (non-hydrogen) atoms. The van der Waals surface area contributed by atoms with Crippen molar-refractivity contribution in [3.8, 4) is 5.75 Å². The molecule has 3 heterocycles. The molecule has 3 aliphatic rings. The van der Waals surface area contributed by atoms with E-state index in [4.69, 9.17) is 4.74 Å². The van der Waals surface area contributed by atoms with Gasteiger partial charge in [0.25, 0.3) is 0 Å². The van der Waals surface area contributed by atoms with Crippen LogP contribution < -0.4 is 10.1 Å². The Kier molecular flexibility index (Phi) is 4.71. The van der Waals surface area contributed by atoms with E-state index in [0.717, 1.165) is 81.0 Å². The average Bonchev–Trinajstić information content (AvgIpc) is 3.31. The van der Waals surface area contributed by atoms with Crippen molar-refractivity contribution in [2.24, 2.45) is 0 Å². The molecule has 0 radical (unpaired) electrons. The van der Waals surface area contributed by atoms with E-state index >= 15 is 0 Å². The first-order chi connectivity index (χ1) is 13.7. The van der Waals surface area contributed by atoms with Gasteiger partial charge in [-0.2, -0.15) is 0 Å². The fourth-order valence-electron chi connectivity index (χ4n) is 5.50. The number of carbonyl (C=O) groups is 1. The molecule has 1 aromatic carbocycles. The first kappa shape index (κ1) is 17.9. The first-order valence-electron chi connectivity index (χ1n) is 10.8. The van der Waals surface area contributed by atoms with E-state index in [-0.39, 0.29) is 17.6 Å². The van der Waals surface area contributed by atoms with Gasteiger partial charge in [-0.15, -0.1) is 0 Å². The van der Waals surface area contributed by atoms with E-state index < -0.39 is 0 Å². The molecule has 1 aliphatic carbocycles. The molecule has 2 saturated heterocycles. The molecule has 1 saturated carbocycles. The summed E-state index contributed by atoms with van der Waals surface area (Å²) >= 11 is 0. The summed E-state index contributed by atoms with van der Waals surface area (Å²) in [6.07, 6.45) is 12.3. The van der Waals surface area contributed by atoms with Gasteiger partial charge >= 0.3 is 0 Å². The topological polar surface area (TPSA) is 54.5 Å². The Balaban J connectivity index is 1.18. The lowest BCUT2D eigenvalue weighted by atomic mass is 9.89. The summed E-state index contributed by atoms with van der Waals surface area (Å²) in [5, 5.41) is 5.62. The molecule has 2 aromatic rings. The predicted octanol–water partition coefficient (Wildman–Crippen LogP) is 3.67. The van der Waals surface area contributed by atoms with Crippen molar-refractivity contribution in [2.45, 2.75) is 69.1 Å². The molecule has 2 aliphatic heterocycles. The summed E-state index contributed by atoms with van der Waals surface area (Å²) < 4.78 is 6.34. The Morgan fingerprint density at radius 2 is 1.89 bits per heavy atom. The minimum atomic E-state index is -0.190. The van der Waals surface area contributed by atoms with Gasteiger partial charge in [0.1, 0.15) is 11.3 Å². The van der Waals surface area contributed by atoms with Crippen LogP contribution in [-0.2, 0) is 4.79 Å². The van der Waals surface area contributed by atoms with E-state index in [1.54, 1.807) is 0 Å². The van der Waals surface area contributed by atoms with Crippen LogP contribution in [0.2, 0.25) is 0 Å². The molecular formula is C23H29N3O2. The third-order valence-electron chi connectivity index (χ3n) is 7.01. The Hall–Kier alpha value is -2.14. The van der Waals surface area contributed by atoms with Gasteiger partial charge in [-0.3, -0.25) is 14.7 Å². The summed E-state index contributed by atoms with van der Waals surface area (Å²) in [6.45, 7) is 2.18. The fraction of sp³-hybridized carbons (Fsp3) is 0.565. The number of nitrogens with zero attached hydrogens (tertiary/aromatic N) is 2. The zero-order chi connectivity index (χ0) is 19.0. The van der Waals surface area contributed by atoms with Crippen molar-refractivity contribution in [3.63, 3.8) is 0 Å². The number of aromatic nitrogens is 1. The molecule has 1 amide bonds. The lowest BCUT2D eigenvalue weighted by Crippen LogP contribution is -2.55. The third kappa shape index (κ3) is 3.16. The summed E-state index contributed by atoms with van der Waals surface area (Å²) in [4.78, 5) is 19.7. The van der Waals surface area contributed by atoms with Gasteiger partial charge in [-0.1, -0.05) is 12.1 Å². The number of carbonyl (C=O) groups excluding carboxylic acids is 1. The molecule has 1 N–H and O–H groups in total. The predicted molar refractivity (Wildman–Crippen MR) is 109 cm³/mol. The highest BCUT2D eigenvalue weighted by Crippen LogP contribution is 2.39. The Bertz CT molecular complexity index is 845. The standard InChI is InChI=1S/C23H29N3O2/c27-22(23-11-2-14-26(23)15-3-12-23)25-18-6-8-19(9-7-18)28-21-5-1-4-17-16-24-13-10-20(17)21/h1,4-5,10,13,16,18-19H,2-3,6-9,11-12,14-15H2,(H,25,27). The first-order valence-corrected chi connectivity index (χ1v) is 10.8. The number of nitrogens with one attached hydrogen (secondary N) is 1. The average molecular weight is 380 g/mol. The van der Waals surface area contributed by atoms with Crippen LogP contribution in [-0.4, -0.2) is 46.6 Å². The number of rotatable bonds is 4. The van der Waals surface area contributed by atoms with Gasteiger partial charge in [0.05, 0.1) is 6.10 Å². The van der Waals surface area contributed by atoms with Crippen LogP contribution in [0.3, 0.4) is 0 Å². The fourth-order valence-corrected chi connectivity index (χ4v) is 5.50. The molecule has 0 spiro atoms. The number of fused-ring (bicyclic) bond motifs is 2. The van der Waals surface area contributed by atoms with E-state index in [9.17, 15) is 4.79 Å². The number of benzene rings is 1. The number of amides is 1. The van der Waals surface area contributed by atoms with Crippen molar-refractivity contribution in [3.05, 3.63) is 36.7 Å². The normalized spacial score (nSPS) is 26.9. The number of ether oxygens (including phenoxy) is 1. The SMILES string of the molecule is O=C(NC1CCC(Oc2cccc3cnccc23)CC1)C12CCCN1CCC2. The van der Waals surface area contributed by atoms with E-state index in [2.05, 4.69) is 21.3 Å². The van der Waals surface area contributed by atoms with Gasteiger partial charge in [0.15, 0.2) is 0 Å². The van der Waals surface area contributed by atoms with Gasteiger partial charge in [0.2, 0.25) is 5.91 Å². The quantitative estimate of drug-likeness (QED) is 0.881. The molecule has 0 atom stereocenters. The second kappa shape index (κ2) is 7.36. The maximum atomic E-state index is 13.0. The van der Waals surface area contributed by atoms with Crippen LogP contribution in [0.5, 0.6) is 5.75 Å². The van der Waals surface area contributed by atoms with Crippen molar-refractivity contribution < 1.29 is 9.53 Å². The van der Waals surface area contributed by atoms with Crippen LogP contribution in [0.15, 0.2) is 36.7 Å². The lowest BCUT2D eigenvalue weighted by Gasteiger charge is -2.35. The molecule has 148 valence electrons. The molecule has 5 heteroatoms. The van der Waals surface area contributed by atoms with E-state index in [0.29, 0.717) is 6.04 Å². The Labute approximate surface area is 166 Å². The number of pyridine rings is 1. The molecule has 3 fully saturated rings. The van der Waals surface area contributed by atoms with Gasteiger partial charge in [-0.05, 0) is 76.6 Å². The Morgan fingerprint density at radius 3 is 2.68 bits per heavy atom. The van der Waals surface area contributed by atoms with Crippen molar-refractivity contribution in [1.29, 1.82) is 0 Å². The number of hydrogen-bond acceptors (Lipinski definition) is 4. The Morgan fingerprint density at radius 1 is 1.11 bits per heavy atom. The van der Waals surface area contributed by atoms with Crippen LogP contribution in [0.25, 0.3) is 10.8 Å². The molecule has 1 aromatic heterocycles. The summed E-state index contributed by atoms with van der Waals surface area (Å²) in [7, 11) is 0. The van der Waals surface area contributed by atoms with Crippen LogP contribution in [0.1, 0.15) is 51.4 Å². The van der Waals surface area contributed by atoms with Crippen LogP contribution in [0.4, 0.5) is 0 Å². The van der Waals surface area contributed by atoms with Crippen molar-refractivity contribution >= 4 is 16.7 Å². The molecule has 0 unspecified atom stereocenters. The van der Waals surface area contributed by atoms with Crippen LogP contribution >= 0.6 is 0 Å². The highest BCUT2D eigenvalue weighted by atomic mass is 16.5. The summed E-state index contributed by atoms with van der Waals surface area (Å²) in [5.74, 6) is 1.23.